The number of nitrogens with one attached hydrogen (secondary N) is 1. The molecule has 5 heteroatoms. The number of aliphatic hydroxyl groups excluding tert-OH is 1. The Morgan fingerprint density at radius 2 is 2.05 bits per heavy atom. The van der Waals surface area contributed by atoms with E-state index in [1.54, 1.807) is 24.3 Å². The number of carbonyl (C=O) groups excluding carboxylic acids is 1. The van der Waals surface area contributed by atoms with Crippen molar-refractivity contribution >= 4 is 16.9 Å². The molecule has 0 saturated heterocycles. The molecule has 0 aliphatic carbocycles. The number of benzene rings is 1. The van der Waals surface area contributed by atoms with E-state index in [9.17, 15) is 9.59 Å². The molecular formula is C14H15NO4. The lowest BCUT2D eigenvalue weighted by Crippen LogP contribution is -2.25. The van der Waals surface area contributed by atoms with E-state index in [0.717, 1.165) is 0 Å². The van der Waals surface area contributed by atoms with E-state index in [-0.39, 0.29) is 17.8 Å². The highest BCUT2D eigenvalue weighted by atomic mass is 16.3. The Morgan fingerprint density at radius 3 is 2.84 bits per heavy atom. The molecule has 0 aliphatic heterocycles. The van der Waals surface area contributed by atoms with Gasteiger partial charge < -0.3 is 14.8 Å². The van der Waals surface area contributed by atoms with E-state index >= 15 is 0 Å². The van der Waals surface area contributed by atoms with Gasteiger partial charge in [0, 0.05) is 19.2 Å². The van der Waals surface area contributed by atoms with Crippen LogP contribution in [-0.4, -0.2) is 24.2 Å². The van der Waals surface area contributed by atoms with E-state index in [1.165, 1.54) is 6.07 Å². The summed E-state index contributed by atoms with van der Waals surface area (Å²) >= 11 is 0. The highest BCUT2D eigenvalue weighted by Crippen LogP contribution is 2.11. The first-order valence-corrected chi connectivity index (χ1v) is 6.14. The first-order chi connectivity index (χ1) is 9.22. The van der Waals surface area contributed by atoms with Gasteiger partial charge in [-0.1, -0.05) is 12.1 Å². The molecule has 0 saturated carbocycles. The minimum atomic E-state index is -0.416. The van der Waals surface area contributed by atoms with Crippen LogP contribution in [0, 0.1) is 0 Å². The van der Waals surface area contributed by atoms with Crippen molar-refractivity contribution in [3.8, 4) is 0 Å². The molecule has 5 nitrogen and oxygen atoms in total. The summed E-state index contributed by atoms with van der Waals surface area (Å²) in [5, 5.41) is 11.7. The van der Waals surface area contributed by atoms with Gasteiger partial charge in [-0.05, 0) is 25.0 Å². The van der Waals surface area contributed by atoms with E-state index in [0.29, 0.717) is 30.4 Å². The molecule has 0 atom stereocenters. The third-order valence-corrected chi connectivity index (χ3v) is 2.73. The van der Waals surface area contributed by atoms with Gasteiger partial charge >= 0.3 is 0 Å². The highest BCUT2D eigenvalue weighted by molar-refractivity contribution is 5.93. The summed E-state index contributed by atoms with van der Waals surface area (Å²) in [7, 11) is 0. The number of hydrogen-bond acceptors (Lipinski definition) is 4. The Bertz CT molecular complexity index is 633. The van der Waals surface area contributed by atoms with Gasteiger partial charge in [0.2, 0.25) is 0 Å². The quantitative estimate of drug-likeness (QED) is 0.795. The standard InChI is InChI=1S/C14H15NO4/c16-8-4-3-7-15-14(18)13-9-11(17)10-5-1-2-6-12(10)19-13/h1-2,5-6,9,16H,3-4,7-8H2,(H,15,18). The fourth-order valence-electron chi connectivity index (χ4n) is 1.74. The highest BCUT2D eigenvalue weighted by Gasteiger charge is 2.11. The van der Waals surface area contributed by atoms with Crippen molar-refractivity contribution in [2.75, 3.05) is 13.2 Å². The number of unbranched alkanes of at least 4 members (excludes halogenated alkanes) is 1. The van der Waals surface area contributed by atoms with Crippen LogP contribution >= 0.6 is 0 Å². The van der Waals surface area contributed by atoms with Crippen LogP contribution in [0.2, 0.25) is 0 Å². The lowest BCUT2D eigenvalue weighted by molar-refractivity contribution is 0.0925. The van der Waals surface area contributed by atoms with Crippen molar-refractivity contribution < 1.29 is 14.3 Å². The Morgan fingerprint density at radius 1 is 1.26 bits per heavy atom. The zero-order valence-electron chi connectivity index (χ0n) is 10.4. The van der Waals surface area contributed by atoms with Gasteiger partial charge in [-0.15, -0.1) is 0 Å². The third kappa shape index (κ3) is 3.20. The summed E-state index contributed by atoms with van der Waals surface area (Å²) < 4.78 is 5.40. The van der Waals surface area contributed by atoms with Crippen LogP contribution in [0.3, 0.4) is 0 Å². The van der Waals surface area contributed by atoms with Crippen molar-refractivity contribution in [1.29, 1.82) is 0 Å². The van der Waals surface area contributed by atoms with Crippen molar-refractivity contribution in [3.63, 3.8) is 0 Å². The Kier molecular flexibility index (Phi) is 4.30. The zero-order chi connectivity index (χ0) is 13.7. The number of carbonyl (C=O) groups is 1. The second-order valence-corrected chi connectivity index (χ2v) is 4.16. The maximum Gasteiger partial charge on any atom is 0.287 e. The fourth-order valence-corrected chi connectivity index (χ4v) is 1.74. The van der Waals surface area contributed by atoms with E-state index in [2.05, 4.69) is 5.32 Å². The monoisotopic (exact) mass is 261 g/mol. The molecule has 0 aliphatic rings. The number of rotatable bonds is 5. The summed E-state index contributed by atoms with van der Waals surface area (Å²) in [6.07, 6.45) is 1.31. The average molecular weight is 261 g/mol. The average Bonchev–Trinajstić information content (AvgIpc) is 2.43. The lowest BCUT2D eigenvalue weighted by Gasteiger charge is -2.04. The Hall–Kier alpha value is -2.14. The van der Waals surface area contributed by atoms with Crippen molar-refractivity contribution in [1.82, 2.24) is 5.32 Å². The van der Waals surface area contributed by atoms with Gasteiger partial charge in [-0.2, -0.15) is 0 Å². The molecule has 100 valence electrons. The van der Waals surface area contributed by atoms with Crippen LogP contribution in [0.15, 0.2) is 39.5 Å². The van der Waals surface area contributed by atoms with E-state index in [4.69, 9.17) is 9.52 Å². The zero-order valence-corrected chi connectivity index (χ0v) is 10.4. The summed E-state index contributed by atoms with van der Waals surface area (Å²) in [4.78, 5) is 23.6. The first-order valence-electron chi connectivity index (χ1n) is 6.14. The van der Waals surface area contributed by atoms with Crippen LogP contribution in [0.25, 0.3) is 11.0 Å². The predicted octanol–water partition coefficient (Wildman–Crippen LogP) is 1.30. The van der Waals surface area contributed by atoms with Crippen LogP contribution < -0.4 is 10.7 Å². The molecule has 0 fully saturated rings. The van der Waals surface area contributed by atoms with Crippen molar-refractivity contribution in [2.45, 2.75) is 12.8 Å². The summed E-state index contributed by atoms with van der Waals surface area (Å²) in [5.74, 6) is -0.409. The molecule has 19 heavy (non-hydrogen) atoms. The summed E-state index contributed by atoms with van der Waals surface area (Å²) in [5.41, 5.74) is 0.165. The predicted molar refractivity (Wildman–Crippen MR) is 71.1 cm³/mol. The molecule has 2 N–H and O–H groups in total. The number of hydrogen-bond donors (Lipinski definition) is 2. The maximum absolute atomic E-state index is 11.8. The van der Waals surface area contributed by atoms with Crippen LogP contribution in [0.4, 0.5) is 0 Å². The van der Waals surface area contributed by atoms with Gasteiger partial charge in [0.05, 0.1) is 5.39 Å². The number of amides is 1. The number of aliphatic hydroxyl groups is 1. The molecule has 1 amide bonds. The van der Waals surface area contributed by atoms with Gasteiger partial charge in [0.15, 0.2) is 11.2 Å². The largest absolute Gasteiger partial charge is 0.451 e. The fraction of sp³-hybridized carbons (Fsp3) is 0.286. The van der Waals surface area contributed by atoms with Crippen LogP contribution in [0.5, 0.6) is 0 Å². The van der Waals surface area contributed by atoms with Gasteiger partial charge in [-0.3, -0.25) is 9.59 Å². The molecule has 0 spiro atoms. The smallest absolute Gasteiger partial charge is 0.287 e. The lowest BCUT2D eigenvalue weighted by atomic mass is 10.2. The van der Waals surface area contributed by atoms with E-state index in [1.807, 2.05) is 0 Å². The third-order valence-electron chi connectivity index (χ3n) is 2.73. The SMILES string of the molecule is O=C(NCCCCO)c1cc(=O)c2ccccc2o1. The van der Waals surface area contributed by atoms with Crippen LogP contribution in [-0.2, 0) is 0 Å². The molecule has 1 aromatic carbocycles. The second kappa shape index (κ2) is 6.15. The maximum atomic E-state index is 11.8. The Labute approximate surface area is 109 Å². The molecule has 0 bridgehead atoms. The van der Waals surface area contributed by atoms with Gasteiger partial charge in [-0.25, -0.2) is 0 Å². The Balaban J connectivity index is 2.16. The topological polar surface area (TPSA) is 79.5 Å². The molecule has 2 aromatic rings. The molecule has 0 radical (unpaired) electrons. The molecule has 1 heterocycles. The number of para-hydroxylation sites is 1. The normalized spacial score (nSPS) is 10.6. The van der Waals surface area contributed by atoms with Gasteiger partial charge in [0.1, 0.15) is 5.58 Å². The summed E-state index contributed by atoms with van der Waals surface area (Å²) in [6.45, 7) is 0.539. The van der Waals surface area contributed by atoms with Crippen molar-refractivity contribution in [2.24, 2.45) is 0 Å². The first kappa shape index (κ1) is 13.3. The van der Waals surface area contributed by atoms with Gasteiger partial charge in [0.25, 0.3) is 5.91 Å². The van der Waals surface area contributed by atoms with Crippen LogP contribution in [0.1, 0.15) is 23.4 Å². The number of fused-ring (bicyclic) bond motifs is 1. The molecule has 1 aromatic heterocycles. The van der Waals surface area contributed by atoms with Crippen molar-refractivity contribution in [3.05, 3.63) is 46.3 Å². The minimum Gasteiger partial charge on any atom is -0.451 e. The molecular weight excluding hydrogens is 246 g/mol. The van der Waals surface area contributed by atoms with E-state index < -0.39 is 5.91 Å². The summed E-state index contributed by atoms with van der Waals surface area (Å²) in [6, 6.07) is 8.00. The molecule has 0 unspecified atom stereocenters. The second-order valence-electron chi connectivity index (χ2n) is 4.16. The molecule has 2 rings (SSSR count). The minimum absolute atomic E-state index is 0.00713.